The number of aromatic nitrogens is 2. The smallest absolute Gasteiger partial charge is 0.358 e. The van der Waals surface area contributed by atoms with Crippen LogP contribution >= 0.6 is 0 Å². The van der Waals surface area contributed by atoms with Crippen molar-refractivity contribution >= 4 is 11.9 Å². The summed E-state index contributed by atoms with van der Waals surface area (Å²) in [5, 5.41) is 3.25. The van der Waals surface area contributed by atoms with Crippen LogP contribution < -0.4 is 5.32 Å². The second kappa shape index (κ2) is 4.15. The van der Waals surface area contributed by atoms with Crippen molar-refractivity contribution in [3.8, 4) is 0 Å². The first-order chi connectivity index (χ1) is 7.61. The van der Waals surface area contributed by atoms with Gasteiger partial charge in [-0.05, 0) is 27.2 Å². The summed E-state index contributed by atoms with van der Waals surface area (Å²) in [5.74, 6) is 0.403. The monoisotopic (exact) mass is 223 g/mol. The number of carbonyl (C=O) groups is 1. The van der Waals surface area contributed by atoms with Gasteiger partial charge in [-0.1, -0.05) is 0 Å². The van der Waals surface area contributed by atoms with E-state index in [0.717, 1.165) is 12.4 Å². The molecule has 88 valence electrons. The molecule has 0 amide bonds. The first-order valence-electron chi connectivity index (χ1n) is 5.64. The van der Waals surface area contributed by atoms with Gasteiger partial charge in [0.15, 0.2) is 5.69 Å². The molecule has 0 bridgehead atoms. The van der Waals surface area contributed by atoms with Gasteiger partial charge in [-0.3, -0.25) is 0 Å². The fourth-order valence-electron chi connectivity index (χ4n) is 2.04. The highest BCUT2D eigenvalue weighted by molar-refractivity contribution is 5.87. The number of nitrogens with one attached hydrogen (secondary N) is 1. The summed E-state index contributed by atoms with van der Waals surface area (Å²) in [6.45, 7) is 6.40. The molecule has 0 saturated carbocycles. The lowest BCUT2D eigenvalue weighted by Crippen LogP contribution is -2.28. The van der Waals surface area contributed by atoms with Gasteiger partial charge in [0.2, 0.25) is 5.95 Å². The Morgan fingerprint density at radius 1 is 1.69 bits per heavy atom. The molecule has 16 heavy (non-hydrogen) atoms. The summed E-state index contributed by atoms with van der Waals surface area (Å²) in [5.41, 5.74) is 0.380. The van der Waals surface area contributed by atoms with Crippen molar-refractivity contribution in [3.63, 3.8) is 0 Å². The van der Waals surface area contributed by atoms with Crippen molar-refractivity contribution in [2.24, 2.45) is 0 Å². The fourth-order valence-corrected chi connectivity index (χ4v) is 2.04. The number of fused-ring (bicyclic) bond motifs is 1. The molecule has 1 aliphatic heterocycles. The van der Waals surface area contributed by atoms with Crippen LogP contribution in [0.25, 0.3) is 0 Å². The minimum Gasteiger partial charge on any atom is -0.461 e. The SMILES string of the molecule is CCOC(=O)c1cn2c(n1)NC(C)CC2C. The van der Waals surface area contributed by atoms with Gasteiger partial charge < -0.3 is 14.6 Å². The molecule has 1 aliphatic rings. The van der Waals surface area contributed by atoms with Crippen LogP contribution in [-0.4, -0.2) is 28.2 Å². The zero-order valence-corrected chi connectivity index (χ0v) is 9.86. The number of hydrogen-bond donors (Lipinski definition) is 1. The summed E-state index contributed by atoms with van der Waals surface area (Å²) in [7, 11) is 0. The third-order valence-corrected chi connectivity index (χ3v) is 2.76. The lowest BCUT2D eigenvalue weighted by Gasteiger charge is -2.27. The normalized spacial score (nSPS) is 23.4. The van der Waals surface area contributed by atoms with E-state index in [1.807, 2.05) is 4.57 Å². The highest BCUT2D eigenvalue weighted by atomic mass is 16.5. The van der Waals surface area contributed by atoms with Gasteiger partial charge in [-0.25, -0.2) is 9.78 Å². The molecule has 0 saturated heterocycles. The Kier molecular flexibility index (Phi) is 2.85. The van der Waals surface area contributed by atoms with E-state index >= 15 is 0 Å². The van der Waals surface area contributed by atoms with Crippen LogP contribution in [0.2, 0.25) is 0 Å². The molecule has 0 radical (unpaired) electrons. The first-order valence-corrected chi connectivity index (χ1v) is 5.64. The maximum atomic E-state index is 11.5. The molecule has 5 heteroatoms. The molecule has 1 N–H and O–H groups in total. The summed E-state index contributed by atoms with van der Waals surface area (Å²) in [6, 6.07) is 0.752. The van der Waals surface area contributed by atoms with E-state index in [9.17, 15) is 4.79 Å². The molecule has 1 aromatic rings. The second-order valence-corrected chi connectivity index (χ2v) is 4.21. The second-order valence-electron chi connectivity index (χ2n) is 4.21. The summed E-state index contributed by atoms with van der Waals surface area (Å²) in [6.07, 6.45) is 2.79. The molecule has 0 aromatic carbocycles. The minimum absolute atomic E-state index is 0.356. The van der Waals surface area contributed by atoms with Gasteiger partial charge in [0.1, 0.15) is 0 Å². The van der Waals surface area contributed by atoms with Crippen molar-refractivity contribution in [3.05, 3.63) is 11.9 Å². The molecule has 2 rings (SSSR count). The number of esters is 1. The molecule has 2 unspecified atom stereocenters. The molecule has 0 spiro atoms. The van der Waals surface area contributed by atoms with Crippen molar-refractivity contribution in [2.45, 2.75) is 39.3 Å². The Morgan fingerprint density at radius 3 is 3.12 bits per heavy atom. The predicted octanol–water partition coefficient (Wildman–Crippen LogP) is 1.82. The number of rotatable bonds is 2. The number of hydrogen-bond acceptors (Lipinski definition) is 4. The van der Waals surface area contributed by atoms with E-state index < -0.39 is 0 Å². The van der Waals surface area contributed by atoms with Gasteiger partial charge >= 0.3 is 5.97 Å². The van der Waals surface area contributed by atoms with Crippen molar-refractivity contribution in [1.29, 1.82) is 0 Å². The van der Waals surface area contributed by atoms with Crippen LogP contribution in [0.5, 0.6) is 0 Å². The zero-order chi connectivity index (χ0) is 11.7. The standard InChI is InChI=1S/C11H17N3O2/c1-4-16-10(15)9-6-14-8(3)5-7(2)12-11(14)13-9/h6-8H,4-5H2,1-3H3,(H,12,13). The van der Waals surface area contributed by atoms with Crippen molar-refractivity contribution in [2.75, 3.05) is 11.9 Å². The van der Waals surface area contributed by atoms with Crippen LogP contribution in [0.1, 0.15) is 43.7 Å². The number of ether oxygens (including phenoxy) is 1. The van der Waals surface area contributed by atoms with Crippen LogP contribution in [0, 0.1) is 0 Å². The fraction of sp³-hybridized carbons (Fsp3) is 0.636. The number of imidazole rings is 1. The van der Waals surface area contributed by atoms with E-state index in [-0.39, 0.29) is 5.97 Å². The highest BCUT2D eigenvalue weighted by Gasteiger charge is 2.24. The Morgan fingerprint density at radius 2 is 2.44 bits per heavy atom. The summed E-state index contributed by atoms with van der Waals surface area (Å²) in [4.78, 5) is 15.8. The van der Waals surface area contributed by atoms with Crippen LogP contribution in [-0.2, 0) is 4.74 Å². The molecular weight excluding hydrogens is 206 g/mol. The molecule has 5 nitrogen and oxygen atoms in total. The lowest BCUT2D eigenvalue weighted by atomic mass is 10.1. The van der Waals surface area contributed by atoms with Gasteiger partial charge in [0.25, 0.3) is 0 Å². The molecule has 2 atom stereocenters. The predicted molar refractivity (Wildman–Crippen MR) is 60.6 cm³/mol. The molecule has 0 aliphatic carbocycles. The maximum Gasteiger partial charge on any atom is 0.358 e. The molecule has 0 fully saturated rings. The van der Waals surface area contributed by atoms with Gasteiger partial charge in [0.05, 0.1) is 6.61 Å². The van der Waals surface area contributed by atoms with Crippen molar-refractivity contribution in [1.82, 2.24) is 9.55 Å². The Bertz CT molecular complexity index is 400. The largest absolute Gasteiger partial charge is 0.461 e. The topological polar surface area (TPSA) is 56.2 Å². The first kappa shape index (κ1) is 11.0. The van der Waals surface area contributed by atoms with Gasteiger partial charge in [-0.15, -0.1) is 0 Å². The maximum absolute atomic E-state index is 11.5. The minimum atomic E-state index is -0.356. The third-order valence-electron chi connectivity index (χ3n) is 2.76. The van der Waals surface area contributed by atoms with Gasteiger partial charge in [0, 0.05) is 18.3 Å². The van der Waals surface area contributed by atoms with Crippen LogP contribution in [0.4, 0.5) is 5.95 Å². The summed E-state index contributed by atoms with van der Waals surface area (Å²) < 4.78 is 6.92. The number of nitrogens with zero attached hydrogens (tertiary/aromatic N) is 2. The third kappa shape index (κ3) is 1.89. The molecule has 1 aromatic heterocycles. The Labute approximate surface area is 94.8 Å². The average molecular weight is 223 g/mol. The molecular formula is C11H17N3O2. The van der Waals surface area contributed by atoms with Crippen molar-refractivity contribution < 1.29 is 9.53 Å². The summed E-state index contributed by atoms with van der Waals surface area (Å²) >= 11 is 0. The number of carbonyl (C=O) groups excluding carboxylic acids is 1. The Hall–Kier alpha value is -1.52. The van der Waals surface area contributed by atoms with Gasteiger partial charge in [-0.2, -0.15) is 0 Å². The molecule has 2 heterocycles. The highest BCUT2D eigenvalue weighted by Crippen LogP contribution is 2.26. The van der Waals surface area contributed by atoms with E-state index in [1.165, 1.54) is 0 Å². The van der Waals surface area contributed by atoms with E-state index in [1.54, 1.807) is 13.1 Å². The van der Waals surface area contributed by atoms with Crippen LogP contribution in [0.15, 0.2) is 6.20 Å². The van der Waals surface area contributed by atoms with E-state index in [2.05, 4.69) is 24.1 Å². The average Bonchev–Trinajstić information content (AvgIpc) is 2.62. The van der Waals surface area contributed by atoms with E-state index in [0.29, 0.717) is 24.4 Å². The van der Waals surface area contributed by atoms with E-state index in [4.69, 9.17) is 4.74 Å². The van der Waals surface area contributed by atoms with Crippen LogP contribution in [0.3, 0.4) is 0 Å². The lowest BCUT2D eigenvalue weighted by molar-refractivity contribution is 0.0520. The Balaban J connectivity index is 2.26. The number of anilines is 1. The quantitative estimate of drug-likeness (QED) is 0.777. The zero-order valence-electron chi connectivity index (χ0n) is 9.86.